The molecule has 5 heteroatoms. The molecule has 0 saturated carbocycles. The third kappa shape index (κ3) is 4.34. The predicted octanol–water partition coefficient (Wildman–Crippen LogP) is 5.74. The van der Waals surface area contributed by atoms with E-state index in [-0.39, 0.29) is 11.9 Å². The van der Waals surface area contributed by atoms with Crippen LogP contribution in [0.1, 0.15) is 53.4 Å². The molecule has 1 aromatic heterocycles. The zero-order valence-electron chi connectivity index (χ0n) is 16.8. The van der Waals surface area contributed by atoms with E-state index in [0.717, 1.165) is 40.2 Å². The van der Waals surface area contributed by atoms with Gasteiger partial charge in [0.2, 0.25) is 0 Å². The molecule has 3 aromatic rings. The molecule has 0 spiro atoms. The Morgan fingerprint density at radius 2 is 1.76 bits per heavy atom. The quantitative estimate of drug-likeness (QED) is 0.583. The number of aryl methyl sites for hydroxylation is 1. The number of rotatable bonds is 5. The number of hydrogen-bond donors (Lipinski definition) is 1. The van der Waals surface area contributed by atoms with E-state index in [2.05, 4.69) is 16.3 Å². The first kappa shape index (κ1) is 20.0. The number of nitrogens with zero attached hydrogens (tertiary/aromatic N) is 1. The summed E-state index contributed by atoms with van der Waals surface area (Å²) in [6.45, 7) is 4.48. The molecule has 1 N–H and O–H groups in total. The molecule has 1 saturated heterocycles. The molecular weight excluding hydrogens is 384 g/mol. The van der Waals surface area contributed by atoms with E-state index in [9.17, 15) is 4.79 Å². The molecule has 2 heterocycles. The Balaban J connectivity index is 1.56. The number of carbonyl (C=O) groups is 1. The van der Waals surface area contributed by atoms with Crippen LogP contribution in [0.15, 0.2) is 52.9 Å². The molecule has 152 valence electrons. The number of furan rings is 1. The lowest BCUT2D eigenvalue weighted by Gasteiger charge is -2.31. The van der Waals surface area contributed by atoms with Crippen molar-refractivity contribution in [1.82, 2.24) is 10.2 Å². The lowest BCUT2D eigenvalue weighted by molar-refractivity contribution is 0.0907. The van der Waals surface area contributed by atoms with Gasteiger partial charge in [-0.15, -0.1) is 0 Å². The second kappa shape index (κ2) is 9.02. The Labute approximate surface area is 176 Å². The fraction of sp³-hybridized carbons (Fsp3) is 0.375. The number of fused-ring (bicyclic) bond motifs is 1. The second-order valence-corrected chi connectivity index (χ2v) is 8.16. The molecule has 1 amide bonds. The van der Waals surface area contributed by atoms with Gasteiger partial charge in [-0.2, -0.15) is 0 Å². The Bertz CT molecular complexity index is 989. The van der Waals surface area contributed by atoms with Crippen molar-refractivity contribution in [2.45, 2.75) is 38.6 Å². The molecule has 1 atom stereocenters. The van der Waals surface area contributed by atoms with Gasteiger partial charge in [0.15, 0.2) is 5.76 Å². The lowest BCUT2D eigenvalue weighted by Crippen LogP contribution is -2.39. The molecule has 29 heavy (non-hydrogen) atoms. The van der Waals surface area contributed by atoms with Crippen LogP contribution in [-0.2, 0) is 0 Å². The van der Waals surface area contributed by atoms with Gasteiger partial charge in [0, 0.05) is 22.5 Å². The summed E-state index contributed by atoms with van der Waals surface area (Å²) >= 11 is 6.53. The Hall–Kier alpha value is -2.30. The summed E-state index contributed by atoms with van der Waals surface area (Å²) in [4.78, 5) is 15.4. The number of benzene rings is 2. The third-order valence-electron chi connectivity index (χ3n) is 5.85. The van der Waals surface area contributed by atoms with Crippen LogP contribution in [0.4, 0.5) is 0 Å². The topological polar surface area (TPSA) is 45.5 Å². The first-order chi connectivity index (χ1) is 14.1. The van der Waals surface area contributed by atoms with Crippen LogP contribution < -0.4 is 5.32 Å². The van der Waals surface area contributed by atoms with Crippen molar-refractivity contribution in [3.8, 4) is 0 Å². The Morgan fingerprint density at radius 3 is 2.48 bits per heavy atom. The highest BCUT2D eigenvalue weighted by molar-refractivity contribution is 6.31. The second-order valence-electron chi connectivity index (χ2n) is 7.75. The van der Waals surface area contributed by atoms with Crippen molar-refractivity contribution in [3.05, 3.63) is 70.4 Å². The van der Waals surface area contributed by atoms with E-state index in [0.29, 0.717) is 12.3 Å². The summed E-state index contributed by atoms with van der Waals surface area (Å²) in [5, 5.41) is 4.84. The highest BCUT2D eigenvalue weighted by Gasteiger charge is 2.25. The van der Waals surface area contributed by atoms with E-state index in [4.69, 9.17) is 16.0 Å². The van der Waals surface area contributed by atoms with Crippen molar-refractivity contribution in [1.29, 1.82) is 0 Å². The van der Waals surface area contributed by atoms with Crippen molar-refractivity contribution < 1.29 is 9.21 Å². The van der Waals surface area contributed by atoms with E-state index in [1.165, 1.54) is 25.7 Å². The fourth-order valence-corrected chi connectivity index (χ4v) is 4.51. The number of likely N-dealkylation sites (tertiary alicyclic amines) is 1. The highest BCUT2D eigenvalue weighted by atomic mass is 35.5. The van der Waals surface area contributed by atoms with Gasteiger partial charge in [-0.05, 0) is 50.6 Å². The number of para-hydroxylation sites is 1. The van der Waals surface area contributed by atoms with Gasteiger partial charge in [0.05, 0.1) is 6.04 Å². The molecule has 0 aliphatic carbocycles. The van der Waals surface area contributed by atoms with Crippen LogP contribution in [0.5, 0.6) is 0 Å². The number of nitrogens with one attached hydrogen (secondary N) is 1. The highest BCUT2D eigenvalue weighted by Crippen LogP contribution is 2.30. The summed E-state index contributed by atoms with van der Waals surface area (Å²) in [5.41, 5.74) is 2.69. The van der Waals surface area contributed by atoms with E-state index in [1.807, 2.05) is 49.4 Å². The average molecular weight is 411 g/mol. The minimum atomic E-state index is -0.175. The maximum absolute atomic E-state index is 13.0. The average Bonchev–Trinajstić information content (AvgIpc) is 2.90. The molecule has 0 unspecified atom stereocenters. The van der Waals surface area contributed by atoms with Crippen LogP contribution in [0.3, 0.4) is 0 Å². The van der Waals surface area contributed by atoms with Gasteiger partial charge in [-0.1, -0.05) is 60.8 Å². The van der Waals surface area contributed by atoms with Gasteiger partial charge in [0.1, 0.15) is 5.58 Å². The van der Waals surface area contributed by atoms with Crippen molar-refractivity contribution in [3.63, 3.8) is 0 Å². The smallest absolute Gasteiger partial charge is 0.287 e. The zero-order chi connectivity index (χ0) is 20.2. The van der Waals surface area contributed by atoms with Gasteiger partial charge < -0.3 is 9.73 Å². The molecule has 0 bridgehead atoms. The largest absolute Gasteiger partial charge is 0.451 e. The first-order valence-corrected chi connectivity index (χ1v) is 10.8. The molecular formula is C24H27ClN2O2. The summed E-state index contributed by atoms with van der Waals surface area (Å²) in [7, 11) is 0. The summed E-state index contributed by atoms with van der Waals surface area (Å²) < 4.78 is 5.84. The van der Waals surface area contributed by atoms with Crippen LogP contribution in [0, 0.1) is 6.92 Å². The van der Waals surface area contributed by atoms with Gasteiger partial charge in [0.25, 0.3) is 5.91 Å². The molecule has 1 aliphatic rings. The van der Waals surface area contributed by atoms with Crippen molar-refractivity contribution in [2.24, 2.45) is 0 Å². The standard InChI is InChI=1S/C24H27ClN2O2/c1-17-18-10-5-7-13-22(18)29-23(17)24(28)26-16-21(19-11-4-6-12-20(19)25)27-14-8-2-3-9-15-27/h4-7,10-13,21H,2-3,8-9,14-16H2,1H3,(H,26,28)/t21-/m1/s1. The number of hydrogen-bond acceptors (Lipinski definition) is 3. The summed E-state index contributed by atoms with van der Waals surface area (Å²) in [6, 6.07) is 15.7. The van der Waals surface area contributed by atoms with Crippen LogP contribution in [0.2, 0.25) is 5.02 Å². The van der Waals surface area contributed by atoms with Crippen LogP contribution in [0.25, 0.3) is 11.0 Å². The number of amides is 1. The molecule has 4 rings (SSSR count). The molecule has 2 aromatic carbocycles. The van der Waals surface area contributed by atoms with E-state index >= 15 is 0 Å². The Kier molecular flexibility index (Phi) is 6.22. The van der Waals surface area contributed by atoms with Gasteiger partial charge >= 0.3 is 0 Å². The predicted molar refractivity (Wildman–Crippen MR) is 118 cm³/mol. The molecule has 1 fully saturated rings. The first-order valence-electron chi connectivity index (χ1n) is 10.4. The monoisotopic (exact) mass is 410 g/mol. The normalized spacial score (nSPS) is 16.5. The fourth-order valence-electron chi connectivity index (χ4n) is 4.25. The van der Waals surface area contributed by atoms with Crippen molar-refractivity contribution >= 4 is 28.5 Å². The van der Waals surface area contributed by atoms with Crippen LogP contribution in [-0.4, -0.2) is 30.4 Å². The van der Waals surface area contributed by atoms with E-state index in [1.54, 1.807) is 0 Å². The lowest BCUT2D eigenvalue weighted by atomic mass is 10.0. The van der Waals surface area contributed by atoms with Gasteiger partial charge in [-0.3, -0.25) is 9.69 Å². The third-order valence-corrected chi connectivity index (χ3v) is 6.20. The van der Waals surface area contributed by atoms with E-state index < -0.39 is 0 Å². The van der Waals surface area contributed by atoms with Crippen molar-refractivity contribution in [2.75, 3.05) is 19.6 Å². The summed E-state index contributed by atoms with van der Waals surface area (Å²) in [6.07, 6.45) is 4.88. The zero-order valence-corrected chi connectivity index (χ0v) is 17.5. The minimum Gasteiger partial charge on any atom is -0.451 e. The number of halogens is 1. The molecule has 0 radical (unpaired) electrons. The SMILES string of the molecule is Cc1c(C(=O)NC[C@H](c2ccccc2Cl)N2CCCCCC2)oc2ccccc12. The minimum absolute atomic E-state index is 0.0513. The van der Waals surface area contributed by atoms with Gasteiger partial charge in [-0.25, -0.2) is 0 Å². The maximum Gasteiger partial charge on any atom is 0.287 e. The molecule has 1 aliphatic heterocycles. The van der Waals surface area contributed by atoms with Crippen LogP contribution >= 0.6 is 11.6 Å². The molecule has 4 nitrogen and oxygen atoms in total. The Morgan fingerprint density at radius 1 is 1.07 bits per heavy atom. The maximum atomic E-state index is 13.0. The summed E-state index contributed by atoms with van der Waals surface area (Å²) in [5.74, 6) is 0.213. The number of carbonyl (C=O) groups excluding carboxylic acids is 1.